The fraction of sp³-hybridized carbons (Fsp3) is 0.364. The second-order valence-electron chi connectivity index (χ2n) is 6.89. The number of benzene rings is 2. The third-order valence-corrected chi connectivity index (χ3v) is 5.17. The maximum absolute atomic E-state index is 12.8. The molecule has 0 fully saturated rings. The van der Waals surface area contributed by atoms with Gasteiger partial charge in [-0.05, 0) is 48.2 Å². The maximum atomic E-state index is 12.8. The summed E-state index contributed by atoms with van der Waals surface area (Å²) in [6.45, 7) is 4.30. The second kappa shape index (κ2) is 7.73. The van der Waals surface area contributed by atoms with Crippen LogP contribution in [0.5, 0.6) is 0 Å². The highest BCUT2D eigenvalue weighted by atomic mass is 16.2. The van der Waals surface area contributed by atoms with Gasteiger partial charge in [-0.3, -0.25) is 9.48 Å². The van der Waals surface area contributed by atoms with Gasteiger partial charge in [-0.2, -0.15) is 5.10 Å². The van der Waals surface area contributed by atoms with Gasteiger partial charge in [0.05, 0.1) is 11.7 Å². The van der Waals surface area contributed by atoms with Crippen LogP contribution in [-0.4, -0.2) is 33.7 Å². The topological polar surface area (TPSA) is 38.1 Å². The average Bonchev–Trinajstić information content (AvgIpc) is 3.05. The Hall–Kier alpha value is -2.62. The Bertz CT molecular complexity index is 895. The summed E-state index contributed by atoms with van der Waals surface area (Å²) in [7, 11) is 3.86. The highest BCUT2D eigenvalue weighted by Crippen LogP contribution is 2.25. The van der Waals surface area contributed by atoms with Crippen LogP contribution in [0.25, 0.3) is 22.0 Å². The summed E-state index contributed by atoms with van der Waals surface area (Å²) >= 11 is 0. The van der Waals surface area contributed by atoms with E-state index in [0.717, 1.165) is 46.9 Å². The van der Waals surface area contributed by atoms with Gasteiger partial charge >= 0.3 is 0 Å². The Morgan fingerprint density at radius 3 is 2.46 bits per heavy atom. The number of hydrogen-bond acceptors (Lipinski definition) is 2. The highest BCUT2D eigenvalue weighted by Gasteiger charge is 2.19. The van der Waals surface area contributed by atoms with E-state index in [1.54, 1.807) is 0 Å². The largest absolute Gasteiger partial charge is 0.339 e. The van der Waals surface area contributed by atoms with Crippen molar-refractivity contribution in [3.05, 3.63) is 54.2 Å². The van der Waals surface area contributed by atoms with Crippen LogP contribution in [0.2, 0.25) is 0 Å². The van der Waals surface area contributed by atoms with Gasteiger partial charge in [0.25, 0.3) is 5.91 Å². The van der Waals surface area contributed by atoms with E-state index in [1.807, 2.05) is 54.1 Å². The lowest BCUT2D eigenvalue weighted by atomic mass is 10.0. The van der Waals surface area contributed by atoms with Crippen LogP contribution in [0.1, 0.15) is 43.5 Å². The molecule has 1 atom stereocenters. The zero-order valence-electron chi connectivity index (χ0n) is 16.1. The molecule has 4 nitrogen and oxygen atoms in total. The quantitative estimate of drug-likeness (QED) is 0.635. The molecule has 136 valence electrons. The molecule has 0 aliphatic rings. The molecule has 0 saturated heterocycles. The molecule has 1 heterocycles. The van der Waals surface area contributed by atoms with Crippen LogP contribution in [0.4, 0.5) is 0 Å². The van der Waals surface area contributed by atoms with Crippen molar-refractivity contribution >= 4 is 16.8 Å². The number of hydrogen-bond donors (Lipinski definition) is 0. The summed E-state index contributed by atoms with van der Waals surface area (Å²) in [5, 5.41) is 5.41. The lowest BCUT2D eigenvalue weighted by Gasteiger charge is -2.27. The Morgan fingerprint density at radius 2 is 1.81 bits per heavy atom. The first-order chi connectivity index (χ1) is 12.5. The Morgan fingerprint density at radius 1 is 1.12 bits per heavy atom. The summed E-state index contributed by atoms with van der Waals surface area (Å²) in [4.78, 5) is 14.6. The first kappa shape index (κ1) is 18.2. The monoisotopic (exact) mass is 349 g/mol. The van der Waals surface area contributed by atoms with E-state index in [-0.39, 0.29) is 5.91 Å². The van der Waals surface area contributed by atoms with E-state index in [1.165, 1.54) is 0 Å². The number of aryl methyl sites for hydroxylation is 1. The van der Waals surface area contributed by atoms with Gasteiger partial charge in [0.15, 0.2) is 0 Å². The van der Waals surface area contributed by atoms with Gasteiger partial charge in [0, 0.05) is 31.1 Å². The smallest absolute Gasteiger partial charge is 0.253 e. The first-order valence-corrected chi connectivity index (χ1v) is 9.34. The van der Waals surface area contributed by atoms with Crippen LogP contribution in [0, 0.1) is 0 Å². The molecule has 4 heteroatoms. The summed E-state index contributed by atoms with van der Waals surface area (Å²) in [5.41, 5.74) is 4.10. The van der Waals surface area contributed by atoms with E-state index >= 15 is 0 Å². The predicted octanol–water partition coefficient (Wildman–Crippen LogP) is 4.89. The molecule has 0 radical (unpaired) electrons. The highest BCUT2D eigenvalue weighted by molar-refractivity contribution is 5.95. The second-order valence-corrected chi connectivity index (χ2v) is 6.89. The van der Waals surface area contributed by atoms with Crippen molar-refractivity contribution in [1.29, 1.82) is 0 Å². The minimum atomic E-state index is 0.0968. The van der Waals surface area contributed by atoms with Gasteiger partial charge < -0.3 is 4.90 Å². The van der Waals surface area contributed by atoms with Crippen LogP contribution in [0.15, 0.2) is 48.7 Å². The average molecular weight is 349 g/mol. The van der Waals surface area contributed by atoms with E-state index in [9.17, 15) is 4.79 Å². The van der Waals surface area contributed by atoms with Crippen molar-refractivity contribution < 1.29 is 4.79 Å². The minimum absolute atomic E-state index is 0.0968. The molecule has 1 unspecified atom stereocenters. The van der Waals surface area contributed by atoms with Crippen LogP contribution < -0.4 is 0 Å². The number of carbonyl (C=O) groups excluding carboxylic acids is 1. The molecular weight excluding hydrogens is 322 g/mol. The number of fused-ring (bicyclic) bond motifs is 1. The molecule has 0 N–H and O–H groups in total. The van der Waals surface area contributed by atoms with E-state index < -0.39 is 0 Å². The Balaban J connectivity index is 1.81. The molecule has 3 rings (SSSR count). The van der Waals surface area contributed by atoms with Crippen molar-refractivity contribution in [3.8, 4) is 11.1 Å². The number of amides is 1. The van der Waals surface area contributed by atoms with E-state index in [2.05, 4.69) is 37.1 Å². The number of aromatic nitrogens is 2. The van der Waals surface area contributed by atoms with Gasteiger partial charge in [0.2, 0.25) is 0 Å². The fourth-order valence-electron chi connectivity index (χ4n) is 3.52. The molecular formula is C22H27N3O. The van der Waals surface area contributed by atoms with Crippen molar-refractivity contribution in [2.45, 2.75) is 39.2 Å². The third-order valence-electron chi connectivity index (χ3n) is 5.17. The zero-order chi connectivity index (χ0) is 18.7. The van der Waals surface area contributed by atoms with Crippen molar-refractivity contribution in [2.24, 2.45) is 7.05 Å². The molecule has 0 spiro atoms. The van der Waals surface area contributed by atoms with Crippen LogP contribution in [-0.2, 0) is 7.05 Å². The first-order valence-electron chi connectivity index (χ1n) is 9.34. The van der Waals surface area contributed by atoms with Crippen molar-refractivity contribution in [3.63, 3.8) is 0 Å². The van der Waals surface area contributed by atoms with Crippen molar-refractivity contribution in [2.75, 3.05) is 7.05 Å². The van der Waals surface area contributed by atoms with Gasteiger partial charge in [-0.25, -0.2) is 0 Å². The maximum Gasteiger partial charge on any atom is 0.253 e. The van der Waals surface area contributed by atoms with Crippen LogP contribution >= 0.6 is 0 Å². The summed E-state index contributed by atoms with van der Waals surface area (Å²) < 4.78 is 1.87. The minimum Gasteiger partial charge on any atom is -0.339 e. The SMILES string of the molecule is CCCC(CC)N(C)C(=O)c1ccc(-c2ccc3c(cnn3C)c2)cc1. The molecule has 0 aliphatic heterocycles. The molecule has 0 saturated carbocycles. The fourth-order valence-corrected chi connectivity index (χ4v) is 3.52. The summed E-state index contributed by atoms with van der Waals surface area (Å²) in [5.74, 6) is 0.0968. The zero-order valence-corrected chi connectivity index (χ0v) is 16.1. The van der Waals surface area contributed by atoms with Gasteiger partial charge in [-0.15, -0.1) is 0 Å². The van der Waals surface area contributed by atoms with E-state index in [4.69, 9.17) is 0 Å². The molecule has 2 aromatic carbocycles. The predicted molar refractivity (Wildman–Crippen MR) is 107 cm³/mol. The number of carbonyl (C=O) groups is 1. The Labute approximate surface area is 155 Å². The molecule has 0 bridgehead atoms. The molecule has 3 aromatic rings. The summed E-state index contributed by atoms with van der Waals surface area (Å²) in [6, 6.07) is 14.5. The number of nitrogens with zero attached hydrogens (tertiary/aromatic N) is 3. The third kappa shape index (κ3) is 3.50. The van der Waals surface area contributed by atoms with Gasteiger partial charge in [-0.1, -0.05) is 38.5 Å². The van der Waals surface area contributed by atoms with Crippen LogP contribution in [0.3, 0.4) is 0 Å². The normalized spacial score (nSPS) is 12.3. The molecule has 1 aromatic heterocycles. The lowest BCUT2D eigenvalue weighted by molar-refractivity contribution is 0.0719. The molecule has 0 aliphatic carbocycles. The Kier molecular flexibility index (Phi) is 5.40. The summed E-state index contributed by atoms with van der Waals surface area (Å²) in [6.07, 6.45) is 5.00. The lowest BCUT2D eigenvalue weighted by Crippen LogP contribution is -2.36. The molecule has 26 heavy (non-hydrogen) atoms. The van der Waals surface area contributed by atoms with Crippen molar-refractivity contribution in [1.82, 2.24) is 14.7 Å². The molecule has 1 amide bonds. The number of rotatable bonds is 6. The standard InChI is InChI=1S/C22H27N3O/c1-5-7-20(6-2)24(3)22(26)17-10-8-16(9-11-17)18-12-13-21-19(14-18)15-23-25(21)4/h8-15,20H,5-7H2,1-4H3. The van der Waals surface area contributed by atoms with E-state index in [0.29, 0.717) is 6.04 Å². The van der Waals surface area contributed by atoms with Gasteiger partial charge in [0.1, 0.15) is 0 Å².